The van der Waals surface area contributed by atoms with E-state index in [0.717, 1.165) is 11.3 Å². The number of rotatable bonds is 5. The van der Waals surface area contributed by atoms with E-state index >= 15 is 0 Å². The Morgan fingerprint density at radius 1 is 1.38 bits per heavy atom. The van der Waals surface area contributed by atoms with Crippen LogP contribution in [0.1, 0.15) is 12.5 Å². The number of hydrogen-bond donors (Lipinski definition) is 1. The predicted octanol–water partition coefficient (Wildman–Crippen LogP) is 1.33. The van der Waals surface area contributed by atoms with E-state index in [9.17, 15) is 4.79 Å². The van der Waals surface area contributed by atoms with Crippen LogP contribution in [0.25, 0.3) is 0 Å². The van der Waals surface area contributed by atoms with Gasteiger partial charge < -0.3 is 15.2 Å². The molecule has 0 bridgehead atoms. The fourth-order valence-electron chi connectivity index (χ4n) is 1.11. The molecule has 1 rings (SSSR count). The van der Waals surface area contributed by atoms with Gasteiger partial charge in [-0.3, -0.25) is 4.79 Å². The summed E-state index contributed by atoms with van der Waals surface area (Å²) in [5.41, 5.74) is 6.29. The maximum atomic E-state index is 11.3. The second-order valence-corrected chi connectivity index (χ2v) is 3.59. The number of nitrogens with two attached hydrogens (primary N) is 1. The van der Waals surface area contributed by atoms with E-state index in [2.05, 4.69) is 0 Å². The molecular weight excluding hydrogens is 206 g/mol. The average molecular weight is 223 g/mol. The Bertz CT molecular complexity index is 335. The second kappa shape index (κ2) is 6.12. The molecule has 0 saturated heterocycles. The van der Waals surface area contributed by atoms with Crippen molar-refractivity contribution < 1.29 is 14.3 Å². The van der Waals surface area contributed by atoms with Crippen molar-refractivity contribution in [3.05, 3.63) is 29.8 Å². The maximum Gasteiger partial charge on any atom is 0.310 e. The third-order valence-corrected chi connectivity index (χ3v) is 2.30. The average Bonchev–Trinajstić information content (AvgIpc) is 2.35. The highest BCUT2D eigenvalue weighted by atomic mass is 16.5. The fraction of sp³-hybridized carbons (Fsp3) is 0.417. The van der Waals surface area contributed by atoms with Crippen molar-refractivity contribution in [2.75, 3.05) is 13.7 Å². The van der Waals surface area contributed by atoms with Gasteiger partial charge in [-0.2, -0.15) is 0 Å². The number of benzene rings is 1. The molecule has 0 aliphatic rings. The zero-order chi connectivity index (χ0) is 12.0. The first-order valence-electron chi connectivity index (χ1n) is 5.17. The zero-order valence-electron chi connectivity index (χ0n) is 9.60. The van der Waals surface area contributed by atoms with E-state index < -0.39 is 0 Å². The van der Waals surface area contributed by atoms with Gasteiger partial charge in [0.25, 0.3) is 0 Å². The van der Waals surface area contributed by atoms with E-state index in [1.54, 1.807) is 14.0 Å². The summed E-state index contributed by atoms with van der Waals surface area (Å²) in [7, 11) is 1.61. The highest BCUT2D eigenvalue weighted by Gasteiger charge is 2.11. The third-order valence-electron chi connectivity index (χ3n) is 2.30. The first-order chi connectivity index (χ1) is 7.67. The molecule has 88 valence electrons. The molecule has 4 nitrogen and oxygen atoms in total. The molecule has 0 fully saturated rings. The number of ether oxygens (including phenoxy) is 2. The number of hydrogen-bond acceptors (Lipinski definition) is 4. The molecule has 0 amide bonds. The third kappa shape index (κ3) is 3.55. The van der Waals surface area contributed by atoms with Gasteiger partial charge in [-0.15, -0.1) is 0 Å². The van der Waals surface area contributed by atoms with Crippen LogP contribution in [0.3, 0.4) is 0 Å². The Labute approximate surface area is 95.3 Å². The van der Waals surface area contributed by atoms with Gasteiger partial charge in [0, 0.05) is 6.54 Å². The maximum absolute atomic E-state index is 11.3. The minimum absolute atomic E-state index is 0.252. The van der Waals surface area contributed by atoms with Crippen molar-refractivity contribution in [1.29, 1.82) is 0 Å². The standard InChI is InChI=1S/C12H17NO3/c1-9(7-13)12(14)16-8-10-3-5-11(15-2)6-4-10/h3-6,9H,7-8,13H2,1-2H3. The summed E-state index contributed by atoms with van der Waals surface area (Å²) in [5.74, 6) is 0.266. The Kier molecular flexibility index (Phi) is 4.79. The molecule has 16 heavy (non-hydrogen) atoms. The molecule has 1 atom stereocenters. The van der Waals surface area contributed by atoms with Crippen LogP contribution < -0.4 is 10.5 Å². The van der Waals surface area contributed by atoms with Crippen molar-refractivity contribution in [2.24, 2.45) is 11.7 Å². The Hall–Kier alpha value is -1.55. The molecule has 2 N–H and O–H groups in total. The highest BCUT2D eigenvalue weighted by molar-refractivity contribution is 5.72. The molecule has 1 unspecified atom stereocenters. The highest BCUT2D eigenvalue weighted by Crippen LogP contribution is 2.12. The predicted molar refractivity (Wildman–Crippen MR) is 61.0 cm³/mol. The second-order valence-electron chi connectivity index (χ2n) is 3.59. The largest absolute Gasteiger partial charge is 0.497 e. The summed E-state index contributed by atoms with van der Waals surface area (Å²) in [6.07, 6.45) is 0. The molecule has 0 aromatic heterocycles. The lowest BCUT2D eigenvalue weighted by Crippen LogP contribution is -2.22. The SMILES string of the molecule is COc1ccc(COC(=O)C(C)CN)cc1. The first kappa shape index (κ1) is 12.5. The Morgan fingerprint density at radius 2 is 2.00 bits per heavy atom. The van der Waals surface area contributed by atoms with Gasteiger partial charge in [-0.1, -0.05) is 19.1 Å². The van der Waals surface area contributed by atoms with Gasteiger partial charge >= 0.3 is 5.97 Å². The number of carbonyl (C=O) groups is 1. The van der Waals surface area contributed by atoms with Crippen LogP contribution in [0, 0.1) is 5.92 Å². The quantitative estimate of drug-likeness (QED) is 0.765. The van der Waals surface area contributed by atoms with Crippen LogP contribution in [-0.2, 0) is 16.1 Å². The molecule has 0 spiro atoms. The van der Waals surface area contributed by atoms with Crippen molar-refractivity contribution >= 4 is 5.97 Å². The van der Waals surface area contributed by atoms with Gasteiger partial charge in [0.1, 0.15) is 12.4 Å². The minimum Gasteiger partial charge on any atom is -0.497 e. The van der Waals surface area contributed by atoms with Gasteiger partial charge in [0.2, 0.25) is 0 Å². The van der Waals surface area contributed by atoms with Crippen LogP contribution in [0.15, 0.2) is 24.3 Å². The normalized spacial score (nSPS) is 11.9. The monoisotopic (exact) mass is 223 g/mol. The van der Waals surface area contributed by atoms with Crippen molar-refractivity contribution in [2.45, 2.75) is 13.5 Å². The van der Waals surface area contributed by atoms with E-state index in [1.165, 1.54) is 0 Å². The first-order valence-corrected chi connectivity index (χ1v) is 5.17. The summed E-state index contributed by atoms with van der Waals surface area (Å²) >= 11 is 0. The van der Waals surface area contributed by atoms with E-state index in [0.29, 0.717) is 6.54 Å². The molecule has 0 aliphatic carbocycles. The molecule has 0 saturated carbocycles. The van der Waals surface area contributed by atoms with Crippen molar-refractivity contribution in [3.63, 3.8) is 0 Å². The van der Waals surface area contributed by atoms with Crippen LogP contribution in [0.5, 0.6) is 5.75 Å². The Balaban J connectivity index is 2.45. The lowest BCUT2D eigenvalue weighted by molar-refractivity contribution is -0.148. The summed E-state index contributed by atoms with van der Waals surface area (Å²) in [6, 6.07) is 7.38. The van der Waals surface area contributed by atoms with Crippen LogP contribution in [-0.4, -0.2) is 19.6 Å². The van der Waals surface area contributed by atoms with Gasteiger partial charge in [-0.05, 0) is 17.7 Å². The van der Waals surface area contributed by atoms with Crippen molar-refractivity contribution in [1.82, 2.24) is 0 Å². The van der Waals surface area contributed by atoms with Crippen LogP contribution >= 0.6 is 0 Å². The van der Waals surface area contributed by atoms with Gasteiger partial charge in [0.05, 0.1) is 13.0 Å². The van der Waals surface area contributed by atoms with Gasteiger partial charge in [0.15, 0.2) is 0 Å². The van der Waals surface area contributed by atoms with Crippen molar-refractivity contribution in [3.8, 4) is 5.75 Å². The summed E-state index contributed by atoms with van der Waals surface area (Å²) < 4.78 is 10.1. The molecule has 0 radical (unpaired) electrons. The summed E-state index contributed by atoms with van der Waals surface area (Å²) in [5, 5.41) is 0. The minimum atomic E-state index is -0.265. The van der Waals surface area contributed by atoms with Crippen LogP contribution in [0.4, 0.5) is 0 Å². The lowest BCUT2D eigenvalue weighted by Gasteiger charge is -2.09. The van der Waals surface area contributed by atoms with Gasteiger partial charge in [-0.25, -0.2) is 0 Å². The smallest absolute Gasteiger partial charge is 0.310 e. The molecule has 4 heteroatoms. The molecule has 1 aromatic carbocycles. The lowest BCUT2D eigenvalue weighted by atomic mass is 10.2. The summed E-state index contributed by atoms with van der Waals surface area (Å²) in [6.45, 7) is 2.32. The molecule has 0 aliphatic heterocycles. The number of methoxy groups -OCH3 is 1. The molecule has 0 heterocycles. The van der Waals surface area contributed by atoms with E-state index in [4.69, 9.17) is 15.2 Å². The van der Waals surface area contributed by atoms with Crippen LogP contribution in [0.2, 0.25) is 0 Å². The molecular formula is C12H17NO3. The topological polar surface area (TPSA) is 61.5 Å². The number of carbonyl (C=O) groups excluding carboxylic acids is 1. The number of esters is 1. The van der Waals surface area contributed by atoms with E-state index in [-0.39, 0.29) is 18.5 Å². The van der Waals surface area contributed by atoms with E-state index in [1.807, 2.05) is 24.3 Å². The Morgan fingerprint density at radius 3 is 2.50 bits per heavy atom. The fourth-order valence-corrected chi connectivity index (χ4v) is 1.11. The summed E-state index contributed by atoms with van der Waals surface area (Å²) in [4.78, 5) is 11.3. The zero-order valence-corrected chi connectivity index (χ0v) is 9.60. The molecule has 1 aromatic rings.